The fourth-order valence-corrected chi connectivity index (χ4v) is 7.04. The first-order valence-electron chi connectivity index (χ1n) is 11.5. The molecule has 0 radical (unpaired) electrons. The second-order valence-corrected chi connectivity index (χ2v) is 12.5. The molecule has 1 spiro atoms. The van der Waals surface area contributed by atoms with Crippen LogP contribution in [-0.2, 0) is 21.8 Å². The summed E-state index contributed by atoms with van der Waals surface area (Å²) in [5, 5.41) is 21.7. The zero-order valence-electron chi connectivity index (χ0n) is 19.4. The van der Waals surface area contributed by atoms with E-state index >= 15 is 0 Å². The number of rotatable bonds is 6. The van der Waals surface area contributed by atoms with Gasteiger partial charge in [0.05, 0.1) is 35.4 Å². The van der Waals surface area contributed by atoms with Crippen molar-refractivity contribution in [1.29, 1.82) is 5.26 Å². The van der Waals surface area contributed by atoms with E-state index in [0.717, 1.165) is 37.4 Å². The standard InChI is InChI=1S/C22H23F2N7O3S2/c1-30-17-14(16(28-30)19-26-27-20(35-19)18(23)24)8-13(36(32,33)29-22(10-25)2-3-22)9-15(17)31-6-4-21(5-7-31)11-34-12-21/h8-9,18,29H,2-7,11-12H2,1H3. The summed E-state index contributed by atoms with van der Waals surface area (Å²) in [4.78, 5) is 2.13. The van der Waals surface area contributed by atoms with Crippen LogP contribution in [0.4, 0.5) is 14.5 Å². The van der Waals surface area contributed by atoms with Crippen molar-refractivity contribution >= 4 is 38.0 Å². The van der Waals surface area contributed by atoms with Crippen LogP contribution in [0.2, 0.25) is 0 Å². The van der Waals surface area contributed by atoms with Crippen LogP contribution in [0.3, 0.4) is 0 Å². The monoisotopic (exact) mass is 535 g/mol. The summed E-state index contributed by atoms with van der Waals surface area (Å²) in [6.45, 7) is 2.91. The smallest absolute Gasteiger partial charge is 0.291 e. The third-order valence-electron chi connectivity index (χ3n) is 7.31. The van der Waals surface area contributed by atoms with Crippen LogP contribution < -0.4 is 9.62 Å². The average molecular weight is 536 g/mol. The fraction of sp³-hybridized carbons (Fsp3) is 0.545. The maximum Gasteiger partial charge on any atom is 0.291 e. The maximum absolute atomic E-state index is 13.4. The van der Waals surface area contributed by atoms with Gasteiger partial charge in [-0.2, -0.15) is 15.1 Å². The van der Waals surface area contributed by atoms with Gasteiger partial charge in [-0.25, -0.2) is 17.2 Å². The summed E-state index contributed by atoms with van der Waals surface area (Å²) in [5.74, 6) is 0. The van der Waals surface area contributed by atoms with Crippen LogP contribution in [0.1, 0.15) is 37.1 Å². The number of aromatic nitrogens is 4. The third-order valence-corrected chi connectivity index (χ3v) is 9.76. The minimum absolute atomic E-state index is 0.00774. The number of hydrogen-bond donors (Lipinski definition) is 1. The predicted octanol–water partition coefficient (Wildman–Crippen LogP) is 2.98. The van der Waals surface area contributed by atoms with Gasteiger partial charge in [0, 0.05) is 30.9 Å². The number of nitrogens with one attached hydrogen (secondary N) is 1. The molecule has 10 nitrogen and oxygen atoms in total. The molecule has 3 fully saturated rings. The van der Waals surface area contributed by atoms with Crippen molar-refractivity contribution in [2.45, 2.75) is 42.5 Å². The Balaban J connectivity index is 1.49. The van der Waals surface area contributed by atoms with Gasteiger partial charge in [0.15, 0.2) is 10.0 Å². The zero-order chi connectivity index (χ0) is 25.3. The van der Waals surface area contributed by atoms with Gasteiger partial charge in [-0.15, -0.1) is 10.2 Å². The van der Waals surface area contributed by atoms with E-state index in [2.05, 4.69) is 31.0 Å². The van der Waals surface area contributed by atoms with Crippen molar-refractivity contribution in [2.75, 3.05) is 31.2 Å². The Kier molecular flexibility index (Phi) is 5.35. The molecule has 3 aromatic rings. The van der Waals surface area contributed by atoms with Gasteiger partial charge < -0.3 is 9.64 Å². The molecule has 2 aliphatic heterocycles. The second-order valence-electron chi connectivity index (χ2n) is 9.84. The molecule has 36 heavy (non-hydrogen) atoms. The first kappa shape index (κ1) is 23.7. The Morgan fingerprint density at radius 2 is 1.92 bits per heavy atom. The Hall–Kier alpha value is -2.73. The number of sulfonamides is 1. The van der Waals surface area contributed by atoms with Crippen LogP contribution in [0.15, 0.2) is 17.0 Å². The van der Waals surface area contributed by atoms with Crippen LogP contribution in [0.25, 0.3) is 21.6 Å². The minimum Gasteiger partial charge on any atom is -0.380 e. The summed E-state index contributed by atoms with van der Waals surface area (Å²) in [7, 11) is -2.31. The Labute approximate surface area is 209 Å². The topological polar surface area (TPSA) is 126 Å². The van der Waals surface area contributed by atoms with E-state index in [1.54, 1.807) is 17.8 Å². The predicted molar refractivity (Wildman–Crippen MR) is 127 cm³/mol. The van der Waals surface area contributed by atoms with Crippen molar-refractivity contribution in [3.63, 3.8) is 0 Å². The number of anilines is 1. The highest BCUT2D eigenvalue weighted by Crippen LogP contribution is 2.43. The van der Waals surface area contributed by atoms with Gasteiger partial charge in [0.1, 0.15) is 11.2 Å². The first-order chi connectivity index (χ1) is 17.1. The van der Waals surface area contributed by atoms with Crippen LogP contribution in [0.5, 0.6) is 0 Å². The van der Waals surface area contributed by atoms with E-state index in [1.807, 2.05) is 0 Å². The molecule has 1 N–H and O–H groups in total. The Bertz CT molecular complexity index is 1490. The number of aryl methyl sites for hydroxylation is 1. The number of nitrogens with zero attached hydrogens (tertiary/aromatic N) is 6. The summed E-state index contributed by atoms with van der Waals surface area (Å²) in [5.41, 5.74) is 0.753. The summed E-state index contributed by atoms with van der Waals surface area (Å²) in [6, 6.07) is 5.15. The quantitative estimate of drug-likeness (QED) is 0.511. The van der Waals surface area contributed by atoms with E-state index < -0.39 is 27.0 Å². The number of ether oxygens (including phenoxy) is 1. The van der Waals surface area contributed by atoms with Crippen LogP contribution in [0, 0.1) is 16.7 Å². The highest BCUT2D eigenvalue weighted by atomic mass is 32.2. The highest BCUT2D eigenvalue weighted by Gasteiger charge is 2.47. The minimum atomic E-state index is -4.04. The van der Waals surface area contributed by atoms with Gasteiger partial charge in [0.25, 0.3) is 6.43 Å². The number of fused-ring (bicyclic) bond motifs is 1. The molecular weight excluding hydrogens is 512 g/mol. The second kappa shape index (κ2) is 8.14. The molecule has 1 aromatic carbocycles. The van der Waals surface area contributed by atoms with E-state index in [-0.39, 0.29) is 21.0 Å². The SMILES string of the molecule is Cn1nc(-c2nnc(C(F)F)s2)c2cc(S(=O)(=O)NC3(C#N)CC3)cc(N3CCC4(CC3)COC4)c21. The number of halogens is 2. The Morgan fingerprint density at radius 1 is 1.19 bits per heavy atom. The third kappa shape index (κ3) is 3.85. The van der Waals surface area contributed by atoms with Crippen LogP contribution in [-0.4, -0.2) is 60.2 Å². The summed E-state index contributed by atoms with van der Waals surface area (Å²) in [6.07, 6.45) is -0.0278. The summed E-state index contributed by atoms with van der Waals surface area (Å²) < 4.78 is 62.7. The molecule has 2 aromatic heterocycles. The van der Waals surface area contributed by atoms with E-state index in [4.69, 9.17) is 4.74 Å². The van der Waals surface area contributed by atoms with E-state index in [1.165, 1.54) is 6.07 Å². The fourth-order valence-electron chi connectivity index (χ4n) is 4.92. The lowest BCUT2D eigenvalue weighted by Gasteiger charge is -2.48. The normalized spacial score (nSPS) is 20.6. The van der Waals surface area contributed by atoms with Crippen molar-refractivity contribution in [3.8, 4) is 16.8 Å². The molecule has 4 heterocycles. The van der Waals surface area contributed by atoms with Crippen molar-refractivity contribution < 1.29 is 21.9 Å². The average Bonchev–Trinajstić information content (AvgIpc) is 3.26. The molecule has 0 unspecified atom stereocenters. The molecule has 14 heteroatoms. The lowest BCUT2D eigenvalue weighted by atomic mass is 9.77. The molecule has 190 valence electrons. The molecular formula is C22H23F2N7O3S2. The van der Waals surface area contributed by atoms with Gasteiger partial charge in [-0.3, -0.25) is 4.68 Å². The van der Waals surface area contributed by atoms with E-state index in [9.17, 15) is 22.5 Å². The molecule has 0 atom stereocenters. The zero-order valence-corrected chi connectivity index (χ0v) is 21.0. The molecule has 0 bridgehead atoms. The first-order valence-corrected chi connectivity index (χ1v) is 13.8. The van der Waals surface area contributed by atoms with Crippen molar-refractivity contribution in [1.82, 2.24) is 24.7 Å². The molecule has 1 aliphatic carbocycles. The molecule has 0 amide bonds. The largest absolute Gasteiger partial charge is 0.380 e. The van der Waals surface area contributed by atoms with Gasteiger partial charge in [-0.1, -0.05) is 11.3 Å². The number of benzene rings is 1. The van der Waals surface area contributed by atoms with Crippen molar-refractivity contribution in [2.24, 2.45) is 12.5 Å². The number of hydrogen-bond acceptors (Lipinski definition) is 9. The highest BCUT2D eigenvalue weighted by molar-refractivity contribution is 7.89. The maximum atomic E-state index is 13.4. The molecule has 1 saturated carbocycles. The van der Waals surface area contributed by atoms with Gasteiger partial charge in [0.2, 0.25) is 10.0 Å². The molecule has 6 rings (SSSR count). The summed E-state index contributed by atoms with van der Waals surface area (Å²) >= 11 is 0.727. The van der Waals surface area contributed by atoms with Crippen molar-refractivity contribution in [3.05, 3.63) is 17.1 Å². The lowest BCUT2D eigenvalue weighted by Crippen LogP contribution is -2.51. The number of alkyl halides is 2. The number of piperidine rings is 1. The van der Waals surface area contributed by atoms with Crippen LogP contribution >= 0.6 is 11.3 Å². The van der Waals surface area contributed by atoms with Gasteiger partial charge in [-0.05, 0) is 37.8 Å². The van der Waals surface area contributed by atoms with E-state index in [0.29, 0.717) is 42.5 Å². The van der Waals surface area contributed by atoms with Gasteiger partial charge >= 0.3 is 0 Å². The lowest BCUT2D eigenvalue weighted by molar-refractivity contribution is -0.124. The molecule has 2 saturated heterocycles. The number of nitriles is 1. The molecule has 3 aliphatic rings. The Morgan fingerprint density at radius 3 is 2.47 bits per heavy atom.